The number of hydrogen-bond donors (Lipinski definition) is 1. The van der Waals surface area contributed by atoms with Crippen LogP contribution in [0.4, 0.5) is 24.7 Å². The van der Waals surface area contributed by atoms with Crippen molar-refractivity contribution in [3.8, 4) is 11.5 Å². The fraction of sp³-hybridized carbons (Fsp3) is 0.389. The van der Waals surface area contributed by atoms with Gasteiger partial charge >= 0.3 is 6.18 Å². The molecule has 0 aliphatic rings. The highest BCUT2D eigenvalue weighted by molar-refractivity contribution is 5.57. The molecule has 0 saturated heterocycles. The number of aromatic nitrogens is 1. The number of ether oxygens (including phenoxy) is 3. The van der Waals surface area contributed by atoms with Crippen LogP contribution in [0.3, 0.4) is 0 Å². The minimum Gasteiger partial charge on any atom is -0.497 e. The van der Waals surface area contributed by atoms with Crippen LogP contribution >= 0.6 is 0 Å². The number of halogens is 3. The Morgan fingerprint density at radius 1 is 1.11 bits per heavy atom. The highest BCUT2D eigenvalue weighted by Gasteiger charge is 2.33. The van der Waals surface area contributed by atoms with E-state index in [2.05, 4.69) is 4.98 Å². The normalized spacial score (nSPS) is 11.3. The molecule has 0 fully saturated rings. The van der Waals surface area contributed by atoms with Gasteiger partial charge < -0.3 is 24.8 Å². The monoisotopic (exact) mass is 385 g/mol. The van der Waals surface area contributed by atoms with Crippen molar-refractivity contribution < 1.29 is 27.4 Å². The lowest BCUT2D eigenvalue weighted by molar-refractivity contribution is -0.137. The first kappa shape index (κ1) is 20.6. The summed E-state index contributed by atoms with van der Waals surface area (Å²) in [4.78, 5) is 5.72. The molecular formula is C18H22F3N3O3. The lowest BCUT2D eigenvalue weighted by atomic mass is 10.1. The number of pyridine rings is 1. The van der Waals surface area contributed by atoms with Crippen LogP contribution in [-0.4, -0.2) is 39.5 Å². The Morgan fingerprint density at radius 3 is 2.41 bits per heavy atom. The SMILES string of the molecule is COCCN(Cc1ccc(OC)cc1OC)c1cc(N)c(C(F)(F)F)cn1. The van der Waals surface area contributed by atoms with Gasteiger partial charge in [0, 0.05) is 49.8 Å². The molecule has 0 unspecified atom stereocenters. The van der Waals surface area contributed by atoms with Crippen LogP contribution < -0.4 is 20.1 Å². The van der Waals surface area contributed by atoms with Crippen molar-refractivity contribution in [2.75, 3.05) is 45.1 Å². The van der Waals surface area contributed by atoms with Crippen LogP contribution in [0.15, 0.2) is 30.5 Å². The van der Waals surface area contributed by atoms with E-state index in [1.165, 1.54) is 13.2 Å². The van der Waals surface area contributed by atoms with Crippen molar-refractivity contribution in [3.63, 3.8) is 0 Å². The lowest BCUT2D eigenvalue weighted by Gasteiger charge is -2.25. The summed E-state index contributed by atoms with van der Waals surface area (Å²) in [6.07, 6.45) is -3.80. The third kappa shape index (κ3) is 5.16. The van der Waals surface area contributed by atoms with Crippen LogP contribution in [0.2, 0.25) is 0 Å². The molecule has 0 aliphatic carbocycles. The van der Waals surface area contributed by atoms with Gasteiger partial charge in [0.1, 0.15) is 17.3 Å². The van der Waals surface area contributed by atoms with Crippen LogP contribution in [0.5, 0.6) is 11.5 Å². The largest absolute Gasteiger partial charge is 0.497 e. The second kappa shape index (κ2) is 8.81. The number of nitrogens with zero attached hydrogens (tertiary/aromatic N) is 2. The Labute approximate surface area is 155 Å². The Kier molecular flexibility index (Phi) is 6.73. The molecule has 1 heterocycles. The number of nitrogen functional groups attached to an aromatic ring is 1. The number of anilines is 2. The summed E-state index contributed by atoms with van der Waals surface area (Å²) >= 11 is 0. The Balaban J connectivity index is 2.35. The molecule has 27 heavy (non-hydrogen) atoms. The van der Waals surface area contributed by atoms with Gasteiger partial charge in [0.2, 0.25) is 0 Å². The van der Waals surface area contributed by atoms with Gasteiger partial charge in [-0.3, -0.25) is 0 Å². The molecule has 0 spiro atoms. The highest BCUT2D eigenvalue weighted by Crippen LogP contribution is 2.35. The molecule has 0 amide bonds. The molecule has 2 rings (SSSR count). The standard InChI is InChI=1S/C18H22F3N3O3/c1-25-7-6-24(11-12-4-5-13(26-2)8-16(12)27-3)17-9-15(22)14(10-23-17)18(19,20)21/h4-5,8-10H,6-7,11H2,1-3H3,(H2,22,23). The molecule has 6 nitrogen and oxygen atoms in total. The Hall–Kier alpha value is -2.68. The topological polar surface area (TPSA) is 69.8 Å². The van der Waals surface area contributed by atoms with E-state index in [0.29, 0.717) is 37.0 Å². The maximum absolute atomic E-state index is 12.9. The van der Waals surface area contributed by atoms with Gasteiger partial charge in [-0.15, -0.1) is 0 Å². The van der Waals surface area contributed by atoms with Gasteiger partial charge in [0.15, 0.2) is 0 Å². The van der Waals surface area contributed by atoms with E-state index in [0.717, 1.165) is 11.8 Å². The second-order valence-electron chi connectivity index (χ2n) is 5.72. The summed E-state index contributed by atoms with van der Waals surface area (Å²) in [5.41, 5.74) is 5.08. The van der Waals surface area contributed by atoms with E-state index in [-0.39, 0.29) is 5.69 Å². The number of nitrogens with two attached hydrogens (primary N) is 1. The zero-order chi connectivity index (χ0) is 20.0. The number of methoxy groups -OCH3 is 3. The predicted molar refractivity (Wildman–Crippen MR) is 96.1 cm³/mol. The first-order valence-electron chi connectivity index (χ1n) is 8.07. The number of rotatable bonds is 8. The maximum atomic E-state index is 12.9. The fourth-order valence-corrected chi connectivity index (χ4v) is 2.53. The molecule has 0 bridgehead atoms. The van der Waals surface area contributed by atoms with Crippen molar-refractivity contribution in [2.45, 2.75) is 12.7 Å². The van der Waals surface area contributed by atoms with Gasteiger partial charge in [0.05, 0.1) is 26.4 Å². The summed E-state index contributed by atoms with van der Waals surface area (Å²) in [5.74, 6) is 1.54. The third-order valence-electron chi connectivity index (χ3n) is 3.97. The van der Waals surface area contributed by atoms with Gasteiger partial charge in [-0.25, -0.2) is 4.98 Å². The molecule has 148 valence electrons. The summed E-state index contributed by atoms with van der Waals surface area (Å²) in [6, 6.07) is 6.55. The van der Waals surface area contributed by atoms with Crippen molar-refractivity contribution in [2.24, 2.45) is 0 Å². The van der Waals surface area contributed by atoms with E-state index in [9.17, 15) is 13.2 Å². The fourth-order valence-electron chi connectivity index (χ4n) is 2.53. The van der Waals surface area contributed by atoms with Gasteiger partial charge in [0.25, 0.3) is 0 Å². The number of alkyl halides is 3. The molecule has 0 radical (unpaired) electrons. The lowest BCUT2D eigenvalue weighted by Crippen LogP contribution is -2.28. The Morgan fingerprint density at radius 2 is 1.85 bits per heavy atom. The van der Waals surface area contributed by atoms with E-state index in [4.69, 9.17) is 19.9 Å². The molecule has 0 aliphatic heterocycles. The minimum absolute atomic E-state index is 0.315. The van der Waals surface area contributed by atoms with Crippen LogP contribution in [0.25, 0.3) is 0 Å². The minimum atomic E-state index is -4.55. The van der Waals surface area contributed by atoms with E-state index >= 15 is 0 Å². The number of benzene rings is 1. The average Bonchev–Trinajstić information content (AvgIpc) is 2.64. The molecule has 2 N–H and O–H groups in total. The summed E-state index contributed by atoms with van der Waals surface area (Å²) in [7, 11) is 4.63. The van der Waals surface area contributed by atoms with E-state index in [1.807, 2.05) is 6.07 Å². The summed E-state index contributed by atoms with van der Waals surface area (Å²) < 4.78 is 54.4. The first-order valence-corrected chi connectivity index (χ1v) is 8.07. The second-order valence-corrected chi connectivity index (χ2v) is 5.72. The molecule has 9 heteroatoms. The van der Waals surface area contributed by atoms with E-state index in [1.54, 1.807) is 31.3 Å². The summed E-state index contributed by atoms with van der Waals surface area (Å²) in [5, 5.41) is 0. The zero-order valence-electron chi connectivity index (χ0n) is 15.3. The van der Waals surface area contributed by atoms with Gasteiger partial charge in [-0.1, -0.05) is 0 Å². The highest BCUT2D eigenvalue weighted by atomic mass is 19.4. The van der Waals surface area contributed by atoms with Crippen molar-refractivity contribution in [1.82, 2.24) is 4.98 Å². The smallest absolute Gasteiger partial charge is 0.419 e. The van der Waals surface area contributed by atoms with Gasteiger partial charge in [-0.2, -0.15) is 13.2 Å². The zero-order valence-corrected chi connectivity index (χ0v) is 15.3. The Bertz CT molecular complexity index is 769. The van der Waals surface area contributed by atoms with Crippen LogP contribution in [-0.2, 0) is 17.5 Å². The molecule has 0 saturated carbocycles. The van der Waals surface area contributed by atoms with Crippen LogP contribution in [0.1, 0.15) is 11.1 Å². The van der Waals surface area contributed by atoms with Crippen LogP contribution in [0, 0.1) is 0 Å². The van der Waals surface area contributed by atoms with Crippen molar-refractivity contribution in [1.29, 1.82) is 0 Å². The van der Waals surface area contributed by atoms with Crippen molar-refractivity contribution in [3.05, 3.63) is 41.6 Å². The third-order valence-corrected chi connectivity index (χ3v) is 3.97. The van der Waals surface area contributed by atoms with Gasteiger partial charge in [-0.05, 0) is 12.1 Å². The molecule has 1 aromatic carbocycles. The van der Waals surface area contributed by atoms with Crippen molar-refractivity contribution >= 4 is 11.5 Å². The molecule has 2 aromatic rings. The average molecular weight is 385 g/mol. The summed E-state index contributed by atoms with van der Waals surface area (Å²) in [6.45, 7) is 1.11. The van der Waals surface area contributed by atoms with E-state index < -0.39 is 11.7 Å². The molecular weight excluding hydrogens is 363 g/mol. The number of hydrogen-bond acceptors (Lipinski definition) is 6. The quantitative estimate of drug-likeness (QED) is 0.752. The molecule has 0 atom stereocenters. The maximum Gasteiger partial charge on any atom is 0.419 e. The first-order chi connectivity index (χ1) is 12.8. The predicted octanol–water partition coefficient (Wildman–Crippen LogP) is 3.35. The molecule has 1 aromatic heterocycles.